The topological polar surface area (TPSA) is 67.1 Å². The molecule has 1 amide bonds. The highest BCUT2D eigenvalue weighted by atomic mass is 16.1. The second-order valence-corrected chi connectivity index (χ2v) is 5.95. The maximum atomic E-state index is 12.4. The molecular weight excluding hydrogens is 298 g/mol. The fourth-order valence-electron chi connectivity index (χ4n) is 2.85. The lowest BCUT2D eigenvalue weighted by atomic mass is 9.99. The van der Waals surface area contributed by atoms with E-state index in [1.807, 2.05) is 48.5 Å². The van der Waals surface area contributed by atoms with Gasteiger partial charge in [-0.1, -0.05) is 30.3 Å². The van der Waals surface area contributed by atoms with Crippen molar-refractivity contribution in [1.29, 1.82) is 0 Å². The van der Waals surface area contributed by atoms with Crippen molar-refractivity contribution in [3.05, 3.63) is 71.3 Å². The van der Waals surface area contributed by atoms with E-state index in [0.29, 0.717) is 12.1 Å². The summed E-state index contributed by atoms with van der Waals surface area (Å²) in [5, 5.41) is 6.24. The lowest BCUT2D eigenvalue weighted by Crippen LogP contribution is -2.20. The minimum absolute atomic E-state index is 0.0904. The summed E-state index contributed by atoms with van der Waals surface area (Å²) >= 11 is 0. The van der Waals surface area contributed by atoms with Gasteiger partial charge in [0.25, 0.3) is 5.91 Å². The summed E-state index contributed by atoms with van der Waals surface area (Å²) in [6.07, 6.45) is 4.09. The van der Waals surface area contributed by atoms with Crippen LogP contribution in [0.2, 0.25) is 0 Å². The summed E-state index contributed by atoms with van der Waals surface area (Å²) in [7, 11) is 0. The highest BCUT2D eigenvalue weighted by Gasteiger charge is 2.09. The number of nitrogens with two attached hydrogens (primary N) is 1. The summed E-state index contributed by atoms with van der Waals surface area (Å²) < 4.78 is 0. The summed E-state index contributed by atoms with van der Waals surface area (Å²) in [6, 6.07) is 15.6. The van der Waals surface area contributed by atoms with Crippen molar-refractivity contribution < 1.29 is 4.79 Å². The quantitative estimate of drug-likeness (QED) is 0.793. The first-order valence-electron chi connectivity index (χ1n) is 8.37. The SMILES string of the molecule is NCCc1ccc(NC(=O)c2ccc(C3=CCNCC3)cc2)cc1. The van der Waals surface area contributed by atoms with Crippen molar-refractivity contribution in [1.82, 2.24) is 5.32 Å². The van der Waals surface area contributed by atoms with E-state index in [2.05, 4.69) is 16.7 Å². The van der Waals surface area contributed by atoms with Crippen LogP contribution >= 0.6 is 0 Å². The van der Waals surface area contributed by atoms with Crippen LogP contribution in [0.5, 0.6) is 0 Å². The molecule has 0 saturated carbocycles. The van der Waals surface area contributed by atoms with Crippen molar-refractivity contribution in [3.8, 4) is 0 Å². The van der Waals surface area contributed by atoms with Crippen molar-refractivity contribution in [2.75, 3.05) is 25.0 Å². The Hall–Kier alpha value is -2.43. The molecule has 1 aliphatic rings. The molecule has 1 aliphatic heterocycles. The molecule has 2 aromatic carbocycles. The van der Waals surface area contributed by atoms with E-state index in [-0.39, 0.29) is 5.91 Å². The van der Waals surface area contributed by atoms with E-state index in [9.17, 15) is 4.79 Å². The Morgan fingerprint density at radius 1 is 1.08 bits per heavy atom. The molecule has 0 atom stereocenters. The van der Waals surface area contributed by atoms with Crippen LogP contribution in [0.4, 0.5) is 5.69 Å². The van der Waals surface area contributed by atoms with Crippen molar-refractivity contribution in [3.63, 3.8) is 0 Å². The van der Waals surface area contributed by atoms with E-state index in [0.717, 1.165) is 31.6 Å². The minimum atomic E-state index is -0.0904. The van der Waals surface area contributed by atoms with Crippen LogP contribution in [-0.4, -0.2) is 25.5 Å². The van der Waals surface area contributed by atoms with E-state index in [4.69, 9.17) is 5.73 Å². The largest absolute Gasteiger partial charge is 0.330 e. The summed E-state index contributed by atoms with van der Waals surface area (Å²) in [4.78, 5) is 12.4. The van der Waals surface area contributed by atoms with Crippen molar-refractivity contribution in [2.24, 2.45) is 5.73 Å². The normalized spacial score (nSPS) is 14.1. The van der Waals surface area contributed by atoms with Crippen LogP contribution in [-0.2, 0) is 6.42 Å². The van der Waals surface area contributed by atoms with Gasteiger partial charge in [-0.2, -0.15) is 0 Å². The zero-order chi connectivity index (χ0) is 16.8. The summed E-state index contributed by atoms with van der Waals surface area (Å²) in [5.74, 6) is -0.0904. The second kappa shape index (κ2) is 7.90. The molecule has 0 unspecified atom stereocenters. The number of rotatable bonds is 5. The maximum Gasteiger partial charge on any atom is 0.255 e. The van der Waals surface area contributed by atoms with Crippen LogP contribution in [0.1, 0.15) is 27.9 Å². The summed E-state index contributed by atoms with van der Waals surface area (Å²) in [5.41, 5.74) is 10.7. The average molecular weight is 321 g/mol. The highest BCUT2D eigenvalue weighted by molar-refractivity contribution is 6.04. The lowest BCUT2D eigenvalue weighted by molar-refractivity contribution is 0.102. The van der Waals surface area contributed by atoms with Gasteiger partial charge in [0.05, 0.1) is 0 Å². The number of anilines is 1. The van der Waals surface area contributed by atoms with E-state index in [1.165, 1.54) is 16.7 Å². The average Bonchev–Trinajstić information content (AvgIpc) is 2.64. The third kappa shape index (κ3) is 4.10. The maximum absolute atomic E-state index is 12.4. The fraction of sp³-hybridized carbons (Fsp3) is 0.250. The highest BCUT2D eigenvalue weighted by Crippen LogP contribution is 2.20. The van der Waals surface area contributed by atoms with Crippen molar-refractivity contribution in [2.45, 2.75) is 12.8 Å². The first-order chi connectivity index (χ1) is 11.8. The van der Waals surface area contributed by atoms with Gasteiger partial charge in [-0.15, -0.1) is 0 Å². The van der Waals surface area contributed by atoms with Gasteiger partial charge in [-0.3, -0.25) is 4.79 Å². The fourth-order valence-corrected chi connectivity index (χ4v) is 2.85. The minimum Gasteiger partial charge on any atom is -0.330 e. The molecule has 4 N–H and O–H groups in total. The Morgan fingerprint density at radius 2 is 1.83 bits per heavy atom. The Morgan fingerprint density at radius 3 is 2.46 bits per heavy atom. The smallest absolute Gasteiger partial charge is 0.255 e. The van der Waals surface area contributed by atoms with Gasteiger partial charge in [0.15, 0.2) is 0 Å². The lowest BCUT2D eigenvalue weighted by Gasteiger charge is -2.14. The number of carbonyl (C=O) groups excluding carboxylic acids is 1. The second-order valence-electron chi connectivity index (χ2n) is 5.95. The van der Waals surface area contributed by atoms with Gasteiger partial charge >= 0.3 is 0 Å². The van der Waals surface area contributed by atoms with E-state index < -0.39 is 0 Å². The molecule has 124 valence electrons. The predicted molar refractivity (Wildman–Crippen MR) is 99.1 cm³/mol. The van der Waals surface area contributed by atoms with Crippen molar-refractivity contribution >= 4 is 17.2 Å². The van der Waals surface area contributed by atoms with Gasteiger partial charge in [0.1, 0.15) is 0 Å². The monoisotopic (exact) mass is 321 g/mol. The number of hydrogen-bond acceptors (Lipinski definition) is 3. The van der Waals surface area contributed by atoms with Crippen LogP contribution in [0, 0.1) is 0 Å². The number of amides is 1. The molecule has 2 aromatic rings. The van der Waals surface area contributed by atoms with E-state index >= 15 is 0 Å². The molecule has 24 heavy (non-hydrogen) atoms. The van der Waals surface area contributed by atoms with E-state index in [1.54, 1.807) is 0 Å². The van der Waals surface area contributed by atoms with Crippen LogP contribution in [0.25, 0.3) is 5.57 Å². The molecule has 4 heteroatoms. The standard InChI is InChI=1S/C20H23N3O/c21-12-9-15-1-7-19(8-2-15)23-20(24)18-5-3-16(4-6-18)17-10-13-22-14-11-17/h1-8,10,22H,9,11-14,21H2,(H,23,24). The molecule has 0 bridgehead atoms. The number of nitrogens with one attached hydrogen (secondary N) is 2. The van der Waals surface area contributed by atoms with Crippen LogP contribution in [0.15, 0.2) is 54.6 Å². The molecule has 0 saturated heterocycles. The van der Waals surface area contributed by atoms with Crippen LogP contribution < -0.4 is 16.4 Å². The molecule has 3 rings (SSSR count). The number of carbonyl (C=O) groups is 1. The zero-order valence-corrected chi connectivity index (χ0v) is 13.7. The molecule has 0 aromatic heterocycles. The van der Waals surface area contributed by atoms with Gasteiger partial charge in [-0.05, 0) is 66.9 Å². The first kappa shape index (κ1) is 16.4. The molecule has 0 spiro atoms. The summed E-state index contributed by atoms with van der Waals surface area (Å²) in [6.45, 7) is 2.55. The van der Waals surface area contributed by atoms with Gasteiger partial charge in [0, 0.05) is 17.8 Å². The Bertz CT molecular complexity index is 718. The Labute approximate surface area is 142 Å². The molecule has 0 radical (unpaired) electrons. The molecule has 0 aliphatic carbocycles. The van der Waals surface area contributed by atoms with Gasteiger partial charge < -0.3 is 16.4 Å². The first-order valence-corrected chi connectivity index (χ1v) is 8.37. The van der Waals surface area contributed by atoms with Crippen LogP contribution in [0.3, 0.4) is 0 Å². The third-order valence-electron chi connectivity index (χ3n) is 4.23. The van der Waals surface area contributed by atoms with Gasteiger partial charge in [0.2, 0.25) is 0 Å². The molecular formula is C20H23N3O. The number of hydrogen-bond donors (Lipinski definition) is 3. The molecule has 0 fully saturated rings. The predicted octanol–water partition coefficient (Wildman–Crippen LogP) is 2.82. The molecule has 1 heterocycles. The van der Waals surface area contributed by atoms with Gasteiger partial charge in [-0.25, -0.2) is 0 Å². The number of benzene rings is 2. The Kier molecular flexibility index (Phi) is 5.41. The third-order valence-corrected chi connectivity index (χ3v) is 4.23. The zero-order valence-electron chi connectivity index (χ0n) is 13.7. The Balaban J connectivity index is 1.65. The molecule has 4 nitrogen and oxygen atoms in total.